The average molecular weight is 226 g/mol. The molecule has 0 amide bonds. The predicted octanol–water partition coefficient (Wildman–Crippen LogP) is 2.69. The molecule has 1 fully saturated rings. The minimum Gasteiger partial charge on any atom is -0.306 e. The lowest BCUT2D eigenvalue weighted by atomic mass is 9.68. The van der Waals surface area contributed by atoms with Crippen LogP contribution in [0.15, 0.2) is 0 Å². The van der Waals surface area contributed by atoms with Crippen molar-refractivity contribution in [2.45, 2.75) is 46.6 Å². The van der Waals surface area contributed by atoms with Gasteiger partial charge in [0.15, 0.2) is 0 Å². The summed E-state index contributed by atoms with van der Waals surface area (Å²) in [6, 6.07) is 0. The predicted molar refractivity (Wildman–Crippen MR) is 71.8 cm³/mol. The van der Waals surface area contributed by atoms with E-state index in [1.54, 1.807) is 0 Å². The van der Waals surface area contributed by atoms with Crippen molar-refractivity contribution in [3.05, 3.63) is 0 Å². The smallest absolute Gasteiger partial charge is 0.0155 e. The molecule has 0 aromatic rings. The molecular weight excluding hydrogens is 196 g/mol. The Bertz CT molecular complexity index is 227. The molecule has 0 aromatic heterocycles. The molecule has 16 heavy (non-hydrogen) atoms. The Balaban J connectivity index is 2.57. The van der Waals surface area contributed by atoms with Gasteiger partial charge in [0.25, 0.3) is 0 Å². The minimum atomic E-state index is 0.312. The molecule has 0 saturated carbocycles. The highest BCUT2D eigenvalue weighted by atomic mass is 15.2. The van der Waals surface area contributed by atoms with E-state index in [2.05, 4.69) is 58.5 Å². The van der Waals surface area contributed by atoms with Crippen molar-refractivity contribution < 1.29 is 0 Å². The lowest BCUT2D eigenvalue weighted by molar-refractivity contribution is -0.00496. The molecule has 0 aliphatic carbocycles. The maximum absolute atomic E-state index is 2.47. The Kier molecular flexibility index (Phi) is 4.07. The molecule has 0 bridgehead atoms. The highest BCUT2D eigenvalue weighted by molar-refractivity contribution is 4.94. The normalized spacial score (nSPS) is 20.2. The zero-order valence-corrected chi connectivity index (χ0v) is 12.3. The van der Waals surface area contributed by atoms with Gasteiger partial charge in [-0.3, -0.25) is 0 Å². The largest absolute Gasteiger partial charge is 0.306 e. The van der Waals surface area contributed by atoms with Crippen molar-refractivity contribution in [3.8, 4) is 0 Å². The molecule has 0 aromatic carbocycles. The standard InChI is InChI=1S/C14H30N2/c1-8-16(7)14(4,5)11-13(2,3)12-9-15(6)10-12/h12H,8-11H2,1-7H3. The average Bonchev–Trinajstić information content (AvgIpc) is 2.09. The van der Waals surface area contributed by atoms with E-state index in [-0.39, 0.29) is 0 Å². The Morgan fingerprint density at radius 2 is 1.69 bits per heavy atom. The van der Waals surface area contributed by atoms with Gasteiger partial charge in [0.1, 0.15) is 0 Å². The summed E-state index contributed by atoms with van der Waals surface area (Å²) < 4.78 is 0. The first kappa shape index (κ1) is 14.0. The van der Waals surface area contributed by atoms with Crippen LogP contribution in [0, 0.1) is 11.3 Å². The summed E-state index contributed by atoms with van der Waals surface area (Å²) in [5, 5.41) is 0. The topological polar surface area (TPSA) is 6.48 Å². The van der Waals surface area contributed by atoms with Gasteiger partial charge in [0, 0.05) is 18.6 Å². The summed E-state index contributed by atoms with van der Waals surface area (Å²) in [6.07, 6.45) is 1.28. The third kappa shape index (κ3) is 2.98. The van der Waals surface area contributed by atoms with Gasteiger partial charge in [0.05, 0.1) is 0 Å². The summed E-state index contributed by atoms with van der Waals surface area (Å²) in [4.78, 5) is 4.89. The molecule has 96 valence electrons. The molecule has 0 radical (unpaired) electrons. The van der Waals surface area contributed by atoms with Crippen molar-refractivity contribution in [1.82, 2.24) is 9.80 Å². The summed E-state index contributed by atoms with van der Waals surface area (Å²) in [5.41, 5.74) is 0.770. The maximum atomic E-state index is 2.47. The Hall–Kier alpha value is -0.0800. The maximum Gasteiger partial charge on any atom is 0.0155 e. The van der Waals surface area contributed by atoms with Gasteiger partial charge in [-0.1, -0.05) is 20.8 Å². The fraction of sp³-hybridized carbons (Fsp3) is 1.00. The van der Waals surface area contributed by atoms with Crippen molar-refractivity contribution in [2.75, 3.05) is 33.7 Å². The van der Waals surface area contributed by atoms with Gasteiger partial charge in [-0.25, -0.2) is 0 Å². The first-order chi connectivity index (χ1) is 7.19. The van der Waals surface area contributed by atoms with Crippen LogP contribution >= 0.6 is 0 Å². The molecule has 2 heteroatoms. The first-order valence-corrected chi connectivity index (χ1v) is 6.59. The van der Waals surface area contributed by atoms with Crippen molar-refractivity contribution in [3.63, 3.8) is 0 Å². The quantitative estimate of drug-likeness (QED) is 0.711. The molecule has 1 rings (SSSR count). The zero-order valence-electron chi connectivity index (χ0n) is 12.3. The van der Waals surface area contributed by atoms with Crippen LogP contribution in [0.25, 0.3) is 0 Å². The van der Waals surface area contributed by atoms with Gasteiger partial charge in [-0.05, 0) is 52.2 Å². The van der Waals surface area contributed by atoms with Gasteiger partial charge in [0.2, 0.25) is 0 Å². The third-order valence-corrected chi connectivity index (χ3v) is 4.57. The number of hydrogen-bond acceptors (Lipinski definition) is 2. The molecule has 0 spiro atoms. The zero-order chi connectivity index (χ0) is 12.6. The minimum absolute atomic E-state index is 0.312. The molecule has 1 aliphatic rings. The second-order valence-corrected chi connectivity index (χ2v) is 6.91. The molecule has 0 N–H and O–H groups in total. The molecular formula is C14H30N2. The van der Waals surface area contributed by atoms with Crippen LogP contribution in [0.4, 0.5) is 0 Å². The van der Waals surface area contributed by atoms with E-state index in [1.165, 1.54) is 19.5 Å². The van der Waals surface area contributed by atoms with E-state index >= 15 is 0 Å². The number of hydrogen-bond donors (Lipinski definition) is 0. The van der Waals surface area contributed by atoms with Crippen LogP contribution in [-0.2, 0) is 0 Å². The number of likely N-dealkylation sites (tertiary alicyclic amines) is 1. The number of rotatable bonds is 5. The molecule has 0 atom stereocenters. The molecule has 1 aliphatic heterocycles. The van der Waals surface area contributed by atoms with E-state index in [0.717, 1.165) is 12.5 Å². The van der Waals surface area contributed by atoms with Crippen LogP contribution in [0.3, 0.4) is 0 Å². The third-order valence-electron chi connectivity index (χ3n) is 4.57. The highest BCUT2D eigenvalue weighted by Gasteiger charge is 2.41. The van der Waals surface area contributed by atoms with E-state index in [1.807, 2.05) is 0 Å². The van der Waals surface area contributed by atoms with E-state index < -0.39 is 0 Å². The summed E-state index contributed by atoms with van der Waals surface area (Å²) in [5.74, 6) is 0.877. The van der Waals surface area contributed by atoms with Crippen molar-refractivity contribution in [1.29, 1.82) is 0 Å². The second kappa shape index (κ2) is 4.66. The van der Waals surface area contributed by atoms with E-state index in [0.29, 0.717) is 11.0 Å². The van der Waals surface area contributed by atoms with Gasteiger partial charge >= 0.3 is 0 Å². The summed E-state index contributed by atoms with van der Waals surface area (Å²) >= 11 is 0. The lowest BCUT2D eigenvalue weighted by Gasteiger charge is -2.50. The van der Waals surface area contributed by atoms with Gasteiger partial charge < -0.3 is 9.80 Å². The Labute approximate surface area is 102 Å². The summed E-state index contributed by atoms with van der Waals surface area (Å²) in [6.45, 7) is 15.6. The van der Waals surface area contributed by atoms with Crippen LogP contribution in [0.1, 0.15) is 41.0 Å². The Morgan fingerprint density at radius 1 is 1.19 bits per heavy atom. The highest BCUT2D eigenvalue weighted by Crippen LogP contribution is 2.41. The van der Waals surface area contributed by atoms with E-state index in [4.69, 9.17) is 0 Å². The van der Waals surface area contributed by atoms with Crippen molar-refractivity contribution >= 4 is 0 Å². The molecule has 1 heterocycles. The SMILES string of the molecule is CCN(C)C(C)(C)CC(C)(C)C1CN(C)C1. The van der Waals surface area contributed by atoms with Crippen LogP contribution in [0.2, 0.25) is 0 Å². The van der Waals surface area contributed by atoms with Crippen molar-refractivity contribution in [2.24, 2.45) is 11.3 Å². The fourth-order valence-electron chi connectivity index (χ4n) is 3.02. The second-order valence-electron chi connectivity index (χ2n) is 6.91. The van der Waals surface area contributed by atoms with Crippen LogP contribution in [0.5, 0.6) is 0 Å². The van der Waals surface area contributed by atoms with Crippen LogP contribution < -0.4 is 0 Å². The first-order valence-electron chi connectivity index (χ1n) is 6.59. The van der Waals surface area contributed by atoms with Gasteiger partial charge in [-0.2, -0.15) is 0 Å². The number of nitrogens with zero attached hydrogens (tertiary/aromatic N) is 2. The van der Waals surface area contributed by atoms with E-state index in [9.17, 15) is 0 Å². The molecule has 0 unspecified atom stereocenters. The summed E-state index contributed by atoms with van der Waals surface area (Å²) in [7, 11) is 4.46. The molecule has 2 nitrogen and oxygen atoms in total. The molecule has 1 saturated heterocycles. The van der Waals surface area contributed by atoms with Gasteiger partial charge in [-0.15, -0.1) is 0 Å². The van der Waals surface area contributed by atoms with Crippen LogP contribution in [-0.4, -0.2) is 49.1 Å². The fourth-order valence-corrected chi connectivity index (χ4v) is 3.02. The monoisotopic (exact) mass is 226 g/mol. The Morgan fingerprint density at radius 3 is 2.06 bits per heavy atom. The lowest BCUT2D eigenvalue weighted by Crippen LogP contribution is -2.54.